The minimum Gasteiger partial charge on any atom is -0.464 e. The average molecular weight is 712 g/mol. The van der Waals surface area contributed by atoms with Crippen LogP contribution in [0.3, 0.4) is 0 Å². The Morgan fingerprint density at radius 1 is 0.981 bits per heavy atom. The molecule has 0 radical (unpaired) electrons. The van der Waals surface area contributed by atoms with Gasteiger partial charge in [0.2, 0.25) is 17.6 Å². The van der Waals surface area contributed by atoms with Crippen molar-refractivity contribution < 1.29 is 28.7 Å². The third-order valence-electron chi connectivity index (χ3n) is 10.2. The van der Waals surface area contributed by atoms with Crippen molar-refractivity contribution in [1.29, 1.82) is 0 Å². The average Bonchev–Trinajstić information content (AvgIpc) is 3.53. The molecule has 6 rings (SSSR count). The fraction of sp³-hybridized carbons (Fsp3) is 0.513. The zero-order valence-electron chi connectivity index (χ0n) is 29.7. The van der Waals surface area contributed by atoms with Gasteiger partial charge in [0.15, 0.2) is 0 Å². The standard InChI is InChI=1S/C39H49N7O6/c1-2-3-4-5-12-21-32(40-38(50)52-31-19-13-14-20-31)36(48)45-27-30(46-43-34(42-44-46)29-17-10-7-11-18-29)26-33(45)35(47)41-39(23-24-39)37(49)51-25-22-28-15-8-6-9-16-28/h2,6-11,15-18,30-33H,1,3-5,12-14,19-27H2,(H,40,50)(H,41,47)/t30-,32+,33+/m1/s1. The first kappa shape index (κ1) is 36.7. The number of rotatable bonds is 17. The number of amides is 3. The van der Waals surface area contributed by atoms with E-state index in [0.29, 0.717) is 37.9 Å². The van der Waals surface area contributed by atoms with Crippen LogP contribution in [0.5, 0.6) is 0 Å². The Morgan fingerprint density at radius 3 is 2.42 bits per heavy atom. The number of nitrogens with one attached hydrogen (secondary N) is 2. The Balaban J connectivity index is 1.18. The molecule has 2 aromatic carbocycles. The van der Waals surface area contributed by atoms with Gasteiger partial charge in [0.05, 0.1) is 12.6 Å². The van der Waals surface area contributed by atoms with Gasteiger partial charge < -0.3 is 25.0 Å². The Labute approximate surface area is 304 Å². The van der Waals surface area contributed by atoms with E-state index in [9.17, 15) is 19.2 Å². The second-order valence-electron chi connectivity index (χ2n) is 14.1. The van der Waals surface area contributed by atoms with Crippen molar-refractivity contribution in [2.45, 2.75) is 113 Å². The highest BCUT2D eigenvalue weighted by Gasteiger charge is 2.55. The predicted molar refractivity (Wildman–Crippen MR) is 193 cm³/mol. The van der Waals surface area contributed by atoms with Crippen LogP contribution in [-0.4, -0.2) is 85.9 Å². The molecule has 1 saturated heterocycles. The molecule has 3 aliphatic rings. The minimum atomic E-state index is -1.14. The summed E-state index contributed by atoms with van der Waals surface area (Å²) in [4.78, 5) is 57.8. The number of hydrogen-bond donors (Lipinski definition) is 2. The Bertz CT molecular complexity index is 1670. The van der Waals surface area contributed by atoms with Crippen LogP contribution in [0.2, 0.25) is 0 Å². The fourth-order valence-corrected chi connectivity index (χ4v) is 7.03. The summed E-state index contributed by atoms with van der Waals surface area (Å²) in [6, 6.07) is 16.8. The molecule has 2 saturated carbocycles. The van der Waals surface area contributed by atoms with E-state index in [1.165, 1.54) is 9.70 Å². The van der Waals surface area contributed by atoms with Crippen LogP contribution < -0.4 is 10.6 Å². The lowest BCUT2D eigenvalue weighted by Gasteiger charge is -2.29. The number of aromatic nitrogens is 4. The van der Waals surface area contributed by atoms with Gasteiger partial charge in [-0.1, -0.05) is 79.6 Å². The van der Waals surface area contributed by atoms with Crippen molar-refractivity contribution in [3.8, 4) is 11.4 Å². The number of carbonyl (C=O) groups excluding carboxylic acids is 4. The molecule has 13 heteroatoms. The van der Waals surface area contributed by atoms with Gasteiger partial charge in [-0.25, -0.2) is 9.59 Å². The van der Waals surface area contributed by atoms with Crippen molar-refractivity contribution in [3.63, 3.8) is 0 Å². The number of likely N-dealkylation sites (tertiary alicyclic amines) is 1. The summed E-state index contributed by atoms with van der Waals surface area (Å²) in [5.74, 6) is -0.915. The van der Waals surface area contributed by atoms with Gasteiger partial charge in [-0.2, -0.15) is 4.80 Å². The molecule has 2 aliphatic carbocycles. The highest BCUT2D eigenvalue weighted by atomic mass is 16.6. The van der Waals surface area contributed by atoms with Crippen LogP contribution in [0.1, 0.15) is 88.7 Å². The molecule has 3 fully saturated rings. The quantitative estimate of drug-likeness (QED) is 0.111. The molecule has 3 atom stereocenters. The summed E-state index contributed by atoms with van der Waals surface area (Å²) in [5.41, 5.74) is 0.695. The van der Waals surface area contributed by atoms with Gasteiger partial charge in [0.1, 0.15) is 23.7 Å². The van der Waals surface area contributed by atoms with Crippen LogP contribution in [0, 0.1) is 0 Å². The molecule has 13 nitrogen and oxygen atoms in total. The molecule has 3 amide bonds. The first-order valence-electron chi connectivity index (χ1n) is 18.6. The first-order valence-corrected chi connectivity index (χ1v) is 18.6. The van der Waals surface area contributed by atoms with Gasteiger partial charge >= 0.3 is 12.1 Å². The summed E-state index contributed by atoms with van der Waals surface area (Å²) in [5, 5.41) is 18.9. The topological polar surface area (TPSA) is 158 Å². The van der Waals surface area contributed by atoms with E-state index in [2.05, 4.69) is 32.6 Å². The summed E-state index contributed by atoms with van der Waals surface area (Å²) < 4.78 is 11.3. The second-order valence-corrected chi connectivity index (χ2v) is 14.1. The number of allylic oxidation sites excluding steroid dienone is 1. The molecule has 0 spiro atoms. The van der Waals surface area contributed by atoms with Crippen LogP contribution in [0.15, 0.2) is 73.3 Å². The van der Waals surface area contributed by atoms with E-state index >= 15 is 0 Å². The van der Waals surface area contributed by atoms with Crippen molar-refractivity contribution in [2.24, 2.45) is 0 Å². The van der Waals surface area contributed by atoms with E-state index in [1.54, 1.807) is 0 Å². The predicted octanol–water partition coefficient (Wildman–Crippen LogP) is 5.09. The maximum atomic E-state index is 14.4. The Morgan fingerprint density at radius 2 is 1.71 bits per heavy atom. The smallest absolute Gasteiger partial charge is 0.408 e. The number of alkyl carbamates (subject to hydrolysis) is 1. The summed E-state index contributed by atoms with van der Waals surface area (Å²) in [7, 11) is 0. The molecule has 52 heavy (non-hydrogen) atoms. The van der Waals surface area contributed by atoms with Gasteiger partial charge in [-0.3, -0.25) is 9.59 Å². The maximum Gasteiger partial charge on any atom is 0.408 e. The largest absolute Gasteiger partial charge is 0.464 e. The SMILES string of the molecule is C=CCCCCC[C@H](NC(=O)OC1CCCC1)C(=O)N1C[C@H](n2nnc(-c3ccccc3)n2)C[C@H]1C(=O)NC1(C(=O)OCCc2ccccc2)CC1. The minimum absolute atomic E-state index is 0.113. The lowest BCUT2D eigenvalue weighted by Crippen LogP contribution is -2.56. The van der Waals surface area contributed by atoms with Gasteiger partial charge in [0.25, 0.3) is 0 Å². The van der Waals surface area contributed by atoms with Crippen LogP contribution in [-0.2, 0) is 30.3 Å². The van der Waals surface area contributed by atoms with Crippen LogP contribution >= 0.6 is 0 Å². The highest BCUT2D eigenvalue weighted by Crippen LogP contribution is 2.38. The van der Waals surface area contributed by atoms with E-state index in [1.807, 2.05) is 66.7 Å². The summed E-state index contributed by atoms with van der Waals surface area (Å²) in [6.45, 7) is 4.09. The third-order valence-corrected chi connectivity index (χ3v) is 10.2. The monoisotopic (exact) mass is 711 g/mol. The molecule has 0 unspecified atom stereocenters. The molecular weight excluding hydrogens is 662 g/mol. The lowest BCUT2D eigenvalue weighted by molar-refractivity contribution is -0.150. The maximum absolute atomic E-state index is 14.4. The number of nitrogens with zero attached hydrogens (tertiary/aromatic N) is 5. The van der Waals surface area contributed by atoms with Gasteiger partial charge in [0, 0.05) is 24.9 Å². The van der Waals surface area contributed by atoms with E-state index < -0.39 is 47.5 Å². The number of hydrogen-bond acceptors (Lipinski definition) is 9. The van der Waals surface area contributed by atoms with Crippen LogP contribution in [0.25, 0.3) is 11.4 Å². The summed E-state index contributed by atoms with van der Waals surface area (Å²) >= 11 is 0. The first-order chi connectivity index (χ1) is 25.3. The number of tetrazole rings is 1. The zero-order chi connectivity index (χ0) is 36.3. The molecule has 2 N–H and O–H groups in total. The number of benzene rings is 2. The molecular formula is C39H49N7O6. The highest BCUT2D eigenvalue weighted by molar-refractivity contribution is 5.96. The van der Waals surface area contributed by atoms with E-state index in [0.717, 1.165) is 56.1 Å². The molecule has 2 heterocycles. The molecule has 1 aliphatic heterocycles. The van der Waals surface area contributed by atoms with Crippen molar-refractivity contribution in [2.75, 3.05) is 13.2 Å². The summed E-state index contributed by atoms with van der Waals surface area (Å²) in [6.07, 6.45) is 9.99. The zero-order valence-corrected chi connectivity index (χ0v) is 29.7. The number of carbonyl (C=O) groups is 4. The Kier molecular flexibility index (Phi) is 12.3. The van der Waals surface area contributed by atoms with E-state index in [-0.39, 0.29) is 25.7 Å². The number of unbranched alkanes of at least 4 members (excludes halogenated alkanes) is 3. The van der Waals surface area contributed by atoms with Gasteiger partial charge in [-0.05, 0) is 68.6 Å². The van der Waals surface area contributed by atoms with Gasteiger partial charge in [-0.15, -0.1) is 16.8 Å². The van der Waals surface area contributed by atoms with Crippen molar-refractivity contribution in [3.05, 3.63) is 78.9 Å². The molecule has 3 aromatic rings. The molecule has 0 bridgehead atoms. The molecule has 1 aromatic heterocycles. The van der Waals surface area contributed by atoms with Crippen LogP contribution in [0.4, 0.5) is 4.79 Å². The Hall–Kier alpha value is -5.07. The van der Waals surface area contributed by atoms with Crippen molar-refractivity contribution >= 4 is 23.9 Å². The second kappa shape index (κ2) is 17.4. The fourth-order valence-electron chi connectivity index (χ4n) is 7.03. The molecule has 276 valence electrons. The number of ether oxygens (including phenoxy) is 2. The van der Waals surface area contributed by atoms with Crippen molar-refractivity contribution in [1.82, 2.24) is 35.7 Å². The lowest BCUT2D eigenvalue weighted by atomic mass is 10.0. The normalized spacial score (nSPS) is 19.8. The number of esters is 1. The van der Waals surface area contributed by atoms with E-state index in [4.69, 9.17) is 9.47 Å². The third kappa shape index (κ3) is 9.42.